The van der Waals surface area contributed by atoms with Crippen LogP contribution in [0.2, 0.25) is 0 Å². The van der Waals surface area contributed by atoms with Gasteiger partial charge in [-0.05, 0) is 16.9 Å². The van der Waals surface area contributed by atoms with E-state index in [0.29, 0.717) is 23.3 Å². The van der Waals surface area contributed by atoms with Crippen LogP contribution >= 0.6 is 11.3 Å². The van der Waals surface area contributed by atoms with E-state index in [0.717, 1.165) is 0 Å². The summed E-state index contributed by atoms with van der Waals surface area (Å²) in [6.07, 6.45) is 0. The zero-order valence-corrected chi connectivity index (χ0v) is 15.5. The van der Waals surface area contributed by atoms with Crippen molar-refractivity contribution in [3.05, 3.63) is 17.5 Å². The van der Waals surface area contributed by atoms with Crippen molar-refractivity contribution in [2.75, 3.05) is 13.1 Å². The van der Waals surface area contributed by atoms with Crippen LogP contribution in [0.5, 0.6) is 0 Å². The van der Waals surface area contributed by atoms with Gasteiger partial charge in [0, 0.05) is 25.2 Å². The summed E-state index contributed by atoms with van der Waals surface area (Å²) in [5.74, 6) is 0. The summed E-state index contributed by atoms with van der Waals surface area (Å²) in [5, 5.41) is 5.30. The van der Waals surface area contributed by atoms with Gasteiger partial charge in [-0.3, -0.25) is 0 Å². The molecule has 0 aliphatic heterocycles. The Labute approximate surface area is 133 Å². The van der Waals surface area contributed by atoms with Crippen molar-refractivity contribution in [1.82, 2.24) is 9.62 Å². The molecule has 0 amide bonds. The Bertz CT molecular complexity index is 516. The van der Waals surface area contributed by atoms with Gasteiger partial charge in [-0.25, -0.2) is 8.42 Å². The minimum atomic E-state index is -3.39. The van der Waals surface area contributed by atoms with Crippen molar-refractivity contribution < 1.29 is 8.42 Å². The van der Waals surface area contributed by atoms with E-state index < -0.39 is 10.0 Å². The third-order valence-corrected chi connectivity index (χ3v) is 6.72. The van der Waals surface area contributed by atoms with Crippen LogP contribution in [-0.2, 0) is 10.0 Å². The van der Waals surface area contributed by atoms with E-state index in [1.807, 2.05) is 6.92 Å². The summed E-state index contributed by atoms with van der Waals surface area (Å²) in [4.78, 5) is 0. The highest BCUT2D eigenvalue weighted by Crippen LogP contribution is 2.25. The molecule has 0 saturated carbocycles. The lowest BCUT2D eigenvalue weighted by atomic mass is 9.86. The van der Waals surface area contributed by atoms with Gasteiger partial charge in [0.2, 0.25) is 0 Å². The Morgan fingerprint density at radius 3 is 2.33 bits per heavy atom. The molecular weight excluding hydrogens is 304 g/mol. The van der Waals surface area contributed by atoms with Gasteiger partial charge in [-0.1, -0.05) is 47.6 Å². The lowest BCUT2D eigenvalue weighted by molar-refractivity contribution is 0.215. The fraction of sp³-hybridized carbons (Fsp3) is 0.733. The van der Waals surface area contributed by atoms with E-state index in [1.165, 1.54) is 11.3 Å². The normalized spacial score (nSPS) is 14.9. The number of hydrogen-bond acceptors (Lipinski definition) is 4. The molecule has 1 aromatic heterocycles. The molecule has 1 heterocycles. The maximum atomic E-state index is 12.7. The third-order valence-electron chi connectivity index (χ3n) is 3.41. The van der Waals surface area contributed by atoms with Crippen LogP contribution in [0.3, 0.4) is 0 Å². The second kappa shape index (κ2) is 7.22. The summed E-state index contributed by atoms with van der Waals surface area (Å²) in [7, 11) is -3.39. The molecule has 0 aliphatic rings. The fourth-order valence-electron chi connectivity index (χ4n) is 2.12. The molecule has 1 atom stereocenters. The minimum absolute atomic E-state index is 0.0113. The molecule has 0 aromatic carbocycles. The average molecular weight is 333 g/mol. The van der Waals surface area contributed by atoms with Crippen LogP contribution in [0.4, 0.5) is 0 Å². The van der Waals surface area contributed by atoms with Gasteiger partial charge in [-0.15, -0.1) is 11.3 Å². The number of likely N-dealkylation sites (N-methyl/N-ethyl adjacent to an activating group) is 1. The van der Waals surface area contributed by atoms with E-state index in [4.69, 9.17) is 0 Å². The van der Waals surface area contributed by atoms with Crippen LogP contribution in [0.1, 0.15) is 41.5 Å². The third kappa shape index (κ3) is 5.06. The molecule has 1 N–H and O–H groups in total. The van der Waals surface area contributed by atoms with E-state index in [1.54, 1.807) is 21.8 Å². The first kappa shape index (κ1) is 18.6. The summed E-state index contributed by atoms with van der Waals surface area (Å²) in [6.45, 7) is 13.4. The predicted octanol–water partition coefficient (Wildman–Crippen LogP) is 3.17. The topological polar surface area (TPSA) is 49.4 Å². The Balaban J connectivity index is 2.99. The van der Waals surface area contributed by atoms with Crippen molar-refractivity contribution in [1.29, 1.82) is 0 Å². The summed E-state index contributed by atoms with van der Waals surface area (Å²) >= 11 is 1.27. The first-order valence-corrected chi connectivity index (χ1v) is 9.70. The lowest BCUT2D eigenvalue weighted by Crippen LogP contribution is -2.51. The van der Waals surface area contributed by atoms with Crippen molar-refractivity contribution >= 4 is 21.4 Å². The standard InChI is InChI=1S/C15H28N2O2S2/c1-7-17(21(18,19)14-9-8-10-20-14)11-13(15(4,5)6)16-12(2)3/h8-10,12-13,16H,7,11H2,1-6H3/t13-/m1/s1. The van der Waals surface area contributed by atoms with Crippen LogP contribution in [0, 0.1) is 5.41 Å². The quantitative estimate of drug-likeness (QED) is 0.834. The van der Waals surface area contributed by atoms with E-state index >= 15 is 0 Å². The maximum Gasteiger partial charge on any atom is 0.252 e. The van der Waals surface area contributed by atoms with Crippen LogP contribution in [0.15, 0.2) is 21.7 Å². The molecule has 0 fully saturated rings. The van der Waals surface area contributed by atoms with Crippen LogP contribution in [-0.4, -0.2) is 37.9 Å². The summed E-state index contributed by atoms with van der Waals surface area (Å²) in [6, 6.07) is 3.87. The lowest BCUT2D eigenvalue weighted by Gasteiger charge is -2.36. The number of hydrogen-bond donors (Lipinski definition) is 1. The molecule has 0 spiro atoms. The zero-order valence-electron chi connectivity index (χ0n) is 13.9. The molecule has 6 heteroatoms. The largest absolute Gasteiger partial charge is 0.310 e. The molecule has 1 aromatic rings. The summed E-state index contributed by atoms with van der Waals surface area (Å²) in [5.41, 5.74) is -0.0113. The molecule has 0 aliphatic carbocycles. The van der Waals surface area contributed by atoms with Gasteiger partial charge in [-0.2, -0.15) is 4.31 Å². The Morgan fingerprint density at radius 2 is 1.95 bits per heavy atom. The molecule has 0 radical (unpaired) electrons. The average Bonchev–Trinajstić information content (AvgIpc) is 2.86. The predicted molar refractivity (Wildman–Crippen MR) is 90.3 cm³/mol. The zero-order chi connectivity index (χ0) is 16.3. The second-order valence-electron chi connectivity index (χ2n) is 6.63. The van der Waals surface area contributed by atoms with Crippen LogP contribution < -0.4 is 5.32 Å². The molecule has 0 bridgehead atoms. The molecule has 4 nitrogen and oxygen atoms in total. The van der Waals surface area contributed by atoms with Gasteiger partial charge in [0.15, 0.2) is 0 Å². The minimum Gasteiger partial charge on any atom is -0.310 e. The second-order valence-corrected chi connectivity index (χ2v) is 9.74. The number of nitrogens with one attached hydrogen (secondary N) is 1. The van der Waals surface area contributed by atoms with E-state index in [2.05, 4.69) is 39.9 Å². The highest BCUT2D eigenvalue weighted by atomic mass is 32.2. The molecular formula is C15H28N2O2S2. The number of sulfonamides is 1. The highest BCUT2D eigenvalue weighted by Gasteiger charge is 2.32. The molecule has 0 unspecified atom stereocenters. The van der Waals surface area contributed by atoms with Gasteiger partial charge < -0.3 is 5.32 Å². The van der Waals surface area contributed by atoms with Gasteiger partial charge >= 0.3 is 0 Å². The van der Waals surface area contributed by atoms with Gasteiger partial charge in [0.25, 0.3) is 10.0 Å². The Kier molecular flexibility index (Phi) is 6.40. The number of rotatable bonds is 7. The SMILES string of the molecule is CCN(C[C@@H](NC(C)C)C(C)(C)C)S(=O)(=O)c1cccs1. The summed E-state index contributed by atoms with van der Waals surface area (Å²) < 4.78 is 27.4. The monoisotopic (exact) mass is 332 g/mol. The first-order valence-electron chi connectivity index (χ1n) is 7.38. The van der Waals surface area contributed by atoms with E-state index in [-0.39, 0.29) is 11.5 Å². The van der Waals surface area contributed by atoms with Gasteiger partial charge in [0.1, 0.15) is 4.21 Å². The first-order chi connectivity index (χ1) is 9.59. The maximum absolute atomic E-state index is 12.7. The molecule has 1 rings (SSSR count). The fourth-order valence-corrected chi connectivity index (χ4v) is 4.73. The van der Waals surface area contributed by atoms with Gasteiger partial charge in [0.05, 0.1) is 0 Å². The molecule has 122 valence electrons. The smallest absolute Gasteiger partial charge is 0.252 e. The molecule has 0 saturated heterocycles. The number of nitrogens with zero attached hydrogens (tertiary/aromatic N) is 1. The Hall–Kier alpha value is -0.430. The van der Waals surface area contributed by atoms with E-state index in [9.17, 15) is 8.42 Å². The molecule has 21 heavy (non-hydrogen) atoms. The van der Waals surface area contributed by atoms with Crippen molar-refractivity contribution in [3.8, 4) is 0 Å². The Morgan fingerprint density at radius 1 is 1.33 bits per heavy atom. The van der Waals surface area contributed by atoms with Crippen molar-refractivity contribution in [2.24, 2.45) is 5.41 Å². The van der Waals surface area contributed by atoms with Crippen molar-refractivity contribution in [2.45, 2.75) is 57.8 Å². The highest BCUT2D eigenvalue weighted by molar-refractivity contribution is 7.91. The van der Waals surface area contributed by atoms with Crippen LogP contribution in [0.25, 0.3) is 0 Å². The number of thiophene rings is 1. The van der Waals surface area contributed by atoms with Crippen molar-refractivity contribution in [3.63, 3.8) is 0 Å².